The molecule has 1 aromatic rings. The normalized spacial score (nSPS) is 26.3. The molecule has 0 saturated carbocycles. The van der Waals surface area contributed by atoms with Gasteiger partial charge in [0.05, 0.1) is 12.1 Å². The second-order valence-corrected chi connectivity index (χ2v) is 4.31. The van der Waals surface area contributed by atoms with Crippen molar-refractivity contribution in [1.82, 2.24) is 4.81 Å². The Labute approximate surface area is 92.7 Å². The highest BCUT2D eigenvalue weighted by Crippen LogP contribution is 2.33. The van der Waals surface area contributed by atoms with Crippen molar-refractivity contribution in [1.29, 1.82) is 0 Å². The summed E-state index contributed by atoms with van der Waals surface area (Å²) in [6, 6.07) is 8.47. The molecule has 0 spiro atoms. The van der Waals surface area contributed by atoms with E-state index in [0.29, 0.717) is 6.61 Å². The Balaban J connectivity index is 2.45. The summed E-state index contributed by atoms with van der Waals surface area (Å²) >= 11 is 0. The molecule has 1 heterocycles. The molecule has 1 aliphatic heterocycles. The van der Waals surface area contributed by atoms with Crippen molar-refractivity contribution in [3.8, 4) is 0 Å². The SMILES string of the molecule is [B]N1CCc2ccccc2C1(C)COC. The Morgan fingerprint density at radius 3 is 2.93 bits per heavy atom. The van der Waals surface area contributed by atoms with Crippen molar-refractivity contribution >= 4 is 7.98 Å². The number of fused-ring (bicyclic) bond motifs is 1. The van der Waals surface area contributed by atoms with Crippen LogP contribution in [-0.2, 0) is 16.7 Å². The van der Waals surface area contributed by atoms with Crippen LogP contribution in [0, 0.1) is 0 Å². The largest absolute Gasteiger partial charge is 0.382 e. The Hall–Kier alpha value is -0.795. The predicted octanol–water partition coefficient (Wildman–Crippen LogP) is 1.49. The standard InChI is InChI=1S/C12H16BNO/c1-12(9-15-2)11-6-4-3-5-10(11)7-8-14(12)13/h3-6H,7-9H2,1-2H3. The van der Waals surface area contributed by atoms with Gasteiger partial charge in [-0.1, -0.05) is 24.3 Å². The highest BCUT2D eigenvalue weighted by Gasteiger charge is 2.35. The molecule has 78 valence electrons. The van der Waals surface area contributed by atoms with Crippen LogP contribution in [0.4, 0.5) is 0 Å². The molecule has 0 bridgehead atoms. The molecule has 15 heavy (non-hydrogen) atoms. The number of hydrogen-bond donors (Lipinski definition) is 0. The molecule has 0 amide bonds. The predicted molar refractivity (Wildman–Crippen MR) is 61.8 cm³/mol. The van der Waals surface area contributed by atoms with Crippen molar-refractivity contribution in [2.75, 3.05) is 20.3 Å². The minimum Gasteiger partial charge on any atom is -0.382 e. The van der Waals surface area contributed by atoms with E-state index in [1.807, 2.05) is 4.81 Å². The van der Waals surface area contributed by atoms with Gasteiger partial charge in [0.15, 0.2) is 7.98 Å². The zero-order valence-electron chi connectivity index (χ0n) is 9.36. The third-order valence-corrected chi connectivity index (χ3v) is 3.28. The van der Waals surface area contributed by atoms with Gasteiger partial charge >= 0.3 is 0 Å². The molecule has 0 saturated heterocycles. The van der Waals surface area contributed by atoms with E-state index in [4.69, 9.17) is 12.7 Å². The molecule has 0 fully saturated rings. The van der Waals surface area contributed by atoms with E-state index in [9.17, 15) is 0 Å². The van der Waals surface area contributed by atoms with E-state index in [2.05, 4.69) is 31.2 Å². The second-order valence-electron chi connectivity index (χ2n) is 4.31. The summed E-state index contributed by atoms with van der Waals surface area (Å²) in [4.78, 5) is 1.89. The lowest BCUT2D eigenvalue weighted by molar-refractivity contribution is 0.0634. The Morgan fingerprint density at radius 1 is 1.47 bits per heavy atom. The molecule has 3 heteroatoms. The fourth-order valence-electron chi connectivity index (χ4n) is 2.35. The lowest BCUT2D eigenvalue weighted by Crippen LogP contribution is -2.50. The maximum absolute atomic E-state index is 6.07. The molecule has 1 aliphatic rings. The molecular formula is C12H16BNO. The Morgan fingerprint density at radius 2 is 2.20 bits per heavy atom. The van der Waals surface area contributed by atoms with Gasteiger partial charge in [-0.25, -0.2) is 0 Å². The fraction of sp³-hybridized carbons (Fsp3) is 0.500. The lowest BCUT2D eigenvalue weighted by atomic mass is 9.80. The summed E-state index contributed by atoms with van der Waals surface area (Å²) in [5.74, 6) is 0. The lowest BCUT2D eigenvalue weighted by Gasteiger charge is -2.44. The number of benzene rings is 1. The molecule has 2 rings (SSSR count). The fourth-order valence-corrected chi connectivity index (χ4v) is 2.35. The molecule has 1 atom stereocenters. The van der Waals surface area contributed by atoms with E-state index in [1.165, 1.54) is 11.1 Å². The number of nitrogens with zero attached hydrogens (tertiary/aromatic N) is 1. The number of methoxy groups -OCH3 is 1. The monoisotopic (exact) mass is 201 g/mol. The Kier molecular flexibility index (Phi) is 2.85. The van der Waals surface area contributed by atoms with Crippen LogP contribution in [0.15, 0.2) is 24.3 Å². The summed E-state index contributed by atoms with van der Waals surface area (Å²) in [5.41, 5.74) is 2.49. The van der Waals surface area contributed by atoms with Crippen molar-refractivity contribution in [3.63, 3.8) is 0 Å². The van der Waals surface area contributed by atoms with Gasteiger partial charge in [0.1, 0.15) is 0 Å². The van der Waals surface area contributed by atoms with Crippen LogP contribution in [0.25, 0.3) is 0 Å². The second kappa shape index (κ2) is 3.99. The maximum Gasteiger partial charge on any atom is 0.183 e. The van der Waals surface area contributed by atoms with Gasteiger partial charge in [-0.2, -0.15) is 0 Å². The molecule has 1 aromatic carbocycles. The van der Waals surface area contributed by atoms with E-state index >= 15 is 0 Å². The average molecular weight is 201 g/mol. The first kappa shape index (κ1) is 10.7. The summed E-state index contributed by atoms with van der Waals surface area (Å²) < 4.78 is 5.29. The molecule has 0 N–H and O–H groups in total. The number of hydrogen-bond acceptors (Lipinski definition) is 2. The summed E-state index contributed by atoms with van der Waals surface area (Å²) in [5, 5.41) is 0. The van der Waals surface area contributed by atoms with Crippen LogP contribution in [0.2, 0.25) is 0 Å². The molecule has 1 unspecified atom stereocenters. The summed E-state index contributed by atoms with van der Waals surface area (Å²) in [6.45, 7) is 3.64. The average Bonchev–Trinajstić information content (AvgIpc) is 2.25. The topological polar surface area (TPSA) is 12.5 Å². The minimum absolute atomic E-state index is 0.191. The number of rotatable bonds is 2. The van der Waals surface area contributed by atoms with Gasteiger partial charge < -0.3 is 9.55 Å². The van der Waals surface area contributed by atoms with Crippen LogP contribution in [0.5, 0.6) is 0 Å². The molecular weight excluding hydrogens is 185 g/mol. The third-order valence-electron chi connectivity index (χ3n) is 3.28. The number of ether oxygens (including phenoxy) is 1. The van der Waals surface area contributed by atoms with E-state index < -0.39 is 0 Å². The van der Waals surface area contributed by atoms with Crippen LogP contribution >= 0.6 is 0 Å². The van der Waals surface area contributed by atoms with Crippen molar-refractivity contribution < 1.29 is 4.74 Å². The van der Waals surface area contributed by atoms with Crippen molar-refractivity contribution in [2.45, 2.75) is 18.9 Å². The molecule has 2 nitrogen and oxygen atoms in total. The van der Waals surface area contributed by atoms with Crippen LogP contribution in [-0.4, -0.2) is 33.1 Å². The van der Waals surface area contributed by atoms with E-state index in [1.54, 1.807) is 7.11 Å². The van der Waals surface area contributed by atoms with Crippen LogP contribution < -0.4 is 0 Å². The van der Waals surface area contributed by atoms with Gasteiger partial charge in [0.25, 0.3) is 0 Å². The zero-order chi connectivity index (χ0) is 10.9. The summed E-state index contributed by atoms with van der Waals surface area (Å²) in [7, 11) is 7.79. The quantitative estimate of drug-likeness (QED) is 0.672. The third kappa shape index (κ3) is 1.70. The minimum atomic E-state index is -0.191. The maximum atomic E-state index is 6.07. The molecule has 2 radical (unpaired) electrons. The van der Waals surface area contributed by atoms with Crippen LogP contribution in [0.3, 0.4) is 0 Å². The van der Waals surface area contributed by atoms with Gasteiger partial charge in [0.2, 0.25) is 0 Å². The van der Waals surface area contributed by atoms with E-state index in [0.717, 1.165) is 13.0 Å². The first-order chi connectivity index (χ1) is 7.18. The molecule has 0 aliphatic carbocycles. The molecule has 0 aromatic heterocycles. The van der Waals surface area contributed by atoms with Gasteiger partial charge in [0, 0.05) is 7.11 Å². The highest BCUT2D eigenvalue weighted by atomic mass is 16.5. The van der Waals surface area contributed by atoms with Gasteiger partial charge in [-0.3, -0.25) is 0 Å². The Bertz CT molecular complexity index is 355. The zero-order valence-corrected chi connectivity index (χ0v) is 9.36. The van der Waals surface area contributed by atoms with Gasteiger partial charge in [-0.05, 0) is 31.0 Å². The summed E-state index contributed by atoms with van der Waals surface area (Å²) in [6.07, 6.45) is 1.02. The smallest absolute Gasteiger partial charge is 0.183 e. The van der Waals surface area contributed by atoms with Crippen molar-refractivity contribution in [2.24, 2.45) is 0 Å². The first-order valence-corrected chi connectivity index (χ1v) is 5.28. The van der Waals surface area contributed by atoms with Gasteiger partial charge in [-0.15, -0.1) is 0 Å². The van der Waals surface area contributed by atoms with E-state index in [-0.39, 0.29) is 5.54 Å². The van der Waals surface area contributed by atoms with Crippen LogP contribution in [0.1, 0.15) is 18.1 Å². The first-order valence-electron chi connectivity index (χ1n) is 5.28. The highest BCUT2D eigenvalue weighted by molar-refractivity contribution is 6.05. The van der Waals surface area contributed by atoms with Crippen molar-refractivity contribution in [3.05, 3.63) is 35.4 Å².